The zero-order valence-corrected chi connectivity index (χ0v) is 16.5. The molecule has 0 saturated carbocycles. The number of rotatable bonds is 5. The molecule has 0 bridgehead atoms. The van der Waals surface area contributed by atoms with Crippen LogP contribution < -0.4 is 5.32 Å². The molecule has 1 fully saturated rings. The van der Waals surface area contributed by atoms with Gasteiger partial charge in [0, 0.05) is 39.7 Å². The molecule has 1 N–H and O–H groups in total. The van der Waals surface area contributed by atoms with Crippen molar-refractivity contribution in [1.29, 1.82) is 0 Å². The summed E-state index contributed by atoms with van der Waals surface area (Å²) in [6, 6.07) is 0.105. The highest BCUT2D eigenvalue weighted by Gasteiger charge is 2.37. The molecular weight excluding hydrogens is 330 g/mol. The van der Waals surface area contributed by atoms with E-state index in [0.717, 1.165) is 76.4 Å². The summed E-state index contributed by atoms with van der Waals surface area (Å²) in [4.78, 5) is 14.3. The summed E-state index contributed by atoms with van der Waals surface area (Å²) in [5.74, 6) is 2.64. The monoisotopic (exact) mass is 363 g/mol. The quantitative estimate of drug-likeness (QED) is 0.873. The Bertz CT molecular complexity index is 605. The van der Waals surface area contributed by atoms with E-state index < -0.39 is 0 Å². The number of carbonyl (C=O) groups excluding carboxylic acids is 1. The van der Waals surface area contributed by atoms with Crippen molar-refractivity contribution < 1.29 is 9.53 Å². The lowest BCUT2D eigenvalue weighted by molar-refractivity contribution is 0.0997. The minimum absolute atomic E-state index is 0.105. The zero-order chi connectivity index (χ0) is 18.6. The third-order valence-electron chi connectivity index (χ3n) is 6.03. The van der Waals surface area contributed by atoms with Gasteiger partial charge in [0.1, 0.15) is 12.4 Å². The van der Waals surface area contributed by atoms with E-state index in [1.807, 2.05) is 4.90 Å². The predicted molar refractivity (Wildman–Crippen MR) is 99.8 cm³/mol. The third kappa shape index (κ3) is 4.37. The van der Waals surface area contributed by atoms with Crippen LogP contribution >= 0.6 is 0 Å². The number of amides is 2. The average Bonchev–Trinajstić information content (AvgIpc) is 2.92. The molecule has 2 aliphatic heterocycles. The van der Waals surface area contributed by atoms with Crippen LogP contribution in [0.15, 0.2) is 0 Å². The molecule has 1 aromatic heterocycles. The number of aryl methyl sites for hydroxylation is 1. The van der Waals surface area contributed by atoms with Gasteiger partial charge in [0.25, 0.3) is 0 Å². The second-order valence-electron chi connectivity index (χ2n) is 8.27. The number of ether oxygens (including phenoxy) is 1. The highest BCUT2D eigenvalue weighted by molar-refractivity contribution is 5.74. The van der Waals surface area contributed by atoms with Gasteiger partial charge in [-0.05, 0) is 43.4 Å². The standard InChI is InChI=1S/C19H33N5O2/c1-15(2)5-10-20-18(25)23-11-7-19(8-12-23)6-4-16-21-22-17(14-26-3)24(16)13-9-19/h15H,4-14H2,1-3H3,(H,20,25). The van der Waals surface area contributed by atoms with Gasteiger partial charge in [-0.2, -0.15) is 0 Å². The van der Waals surface area contributed by atoms with Crippen LogP contribution in [0.5, 0.6) is 0 Å². The number of hydrogen-bond donors (Lipinski definition) is 1. The number of piperidine rings is 1. The molecule has 2 aliphatic rings. The van der Waals surface area contributed by atoms with Crippen molar-refractivity contribution in [3.63, 3.8) is 0 Å². The molecule has 0 aromatic carbocycles. The molecule has 1 aromatic rings. The maximum atomic E-state index is 12.4. The minimum Gasteiger partial charge on any atom is -0.377 e. The van der Waals surface area contributed by atoms with Gasteiger partial charge < -0.3 is 19.5 Å². The lowest BCUT2D eigenvalue weighted by atomic mass is 9.73. The highest BCUT2D eigenvalue weighted by atomic mass is 16.5. The van der Waals surface area contributed by atoms with Crippen molar-refractivity contribution in [2.75, 3.05) is 26.7 Å². The lowest BCUT2D eigenvalue weighted by Gasteiger charge is -2.41. The van der Waals surface area contributed by atoms with Crippen molar-refractivity contribution in [3.8, 4) is 0 Å². The summed E-state index contributed by atoms with van der Waals surface area (Å²) in [5.41, 5.74) is 0.333. The Morgan fingerprint density at radius 3 is 2.62 bits per heavy atom. The lowest BCUT2D eigenvalue weighted by Crippen LogP contribution is -2.47. The Hall–Kier alpha value is -1.63. The number of aromatic nitrogens is 3. The normalized spacial score (nSPS) is 19.5. The van der Waals surface area contributed by atoms with Crippen LogP contribution in [0.4, 0.5) is 4.79 Å². The summed E-state index contributed by atoms with van der Waals surface area (Å²) in [5, 5.41) is 11.7. The summed E-state index contributed by atoms with van der Waals surface area (Å²) in [6.45, 7) is 8.33. The molecule has 0 atom stereocenters. The molecule has 2 amide bonds. The predicted octanol–water partition coefficient (Wildman–Crippen LogP) is 2.60. The maximum absolute atomic E-state index is 12.4. The van der Waals surface area contributed by atoms with E-state index in [2.05, 4.69) is 33.9 Å². The molecule has 1 spiro atoms. The first-order valence-corrected chi connectivity index (χ1v) is 9.96. The molecule has 3 heterocycles. The first-order chi connectivity index (χ1) is 12.5. The average molecular weight is 364 g/mol. The van der Waals surface area contributed by atoms with E-state index in [1.165, 1.54) is 0 Å². The fourth-order valence-electron chi connectivity index (χ4n) is 4.17. The topological polar surface area (TPSA) is 72.3 Å². The number of likely N-dealkylation sites (tertiary alicyclic amines) is 1. The summed E-state index contributed by atoms with van der Waals surface area (Å²) < 4.78 is 7.48. The summed E-state index contributed by atoms with van der Waals surface area (Å²) >= 11 is 0. The summed E-state index contributed by atoms with van der Waals surface area (Å²) in [6.07, 6.45) is 6.45. The van der Waals surface area contributed by atoms with Gasteiger partial charge >= 0.3 is 6.03 Å². The fourth-order valence-corrected chi connectivity index (χ4v) is 4.17. The third-order valence-corrected chi connectivity index (χ3v) is 6.03. The highest BCUT2D eigenvalue weighted by Crippen LogP contribution is 2.41. The SMILES string of the molecule is COCc1nnc2n1CCC1(CC2)CCN(C(=O)NCCC(C)C)CC1. The molecule has 0 aliphatic carbocycles. The molecule has 3 rings (SSSR count). The van der Waals surface area contributed by atoms with Crippen LogP contribution in [0.3, 0.4) is 0 Å². The number of hydrogen-bond acceptors (Lipinski definition) is 4. The minimum atomic E-state index is 0.105. The molecule has 26 heavy (non-hydrogen) atoms. The fraction of sp³-hybridized carbons (Fsp3) is 0.842. The molecular formula is C19H33N5O2. The first-order valence-electron chi connectivity index (χ1n) is 9.96. The first kappa shape index (κ1) is 19.1. The van der Waals surface area contributed by atoms with Crippen LogP contribution in [0.1, 0.15) is 57.6 Å². The van der Waals surface area contributed by atoms with E-state index in [1.54, 1.807) is 7.11 Å². The molecule has 0 radical (unpaired) electrons. The second-order valence-corrected chi connectivity index (χ2v) is 8.27. The number of fused-ring (bicyclic) bond motifs is 1. The number of nitrogens with zero attached hydrogens (tertiary/aromatic N) is 4. The van der Waals surface area contributed by atoms with Gasteiger partial charge in [-0.1, -0.05) is 13.8 Å². The molecule has 7 nitrogen and oxygen atoms in total. The van der Waals surface area contributed by atoms with E-state index in [9.17, 15) is 4.79 Å². The summed E-state index contributed by atoms with van der Waals surface area (Å²) in [7, 11) is 1.70. The van der Waals surface area contributed by atoms with Crippen molar-refractivity contribution in [3.05, 3.63) is 11.6 Å². The van der Waals surface area contributed by atoms with Crippen molar-refractivity contribution in [2.24, 2.45) is 11.3 Å². The van der Waals surface area contributed by atoms with Crippen LogP contribution in [-0.4, -0.2) is 52.4 Å². The number of urea groups is 1. The van der Waals surface area contributed by atoms with Crippen LogP contribution in [0.2, 0.25) is 0 Å². The Morgan fingerprint density at radius 1 is 1.19 bits per heavy atom. The number of carbonyl (C=O) groups is 1. The Labute approximate surface area is 156 Å². The molecule has 146 valence electrons. The van der Waals surface area contributed by atoms with Crippen molar-refractivity contribution in [1.82, 2.24) is 25.0 Å². The van der Waals surface area contributed by atoms with Gasteiger partial charge in [0.05, 0.1) is 0 Å². The van der Waals surface area contributed by atoms with Crippen LogP contribution in [0, 0.1) is 11.3 Å². The van der Waals surface area contributed by atoms with E-state index in [-0.39, 0.29) is 6.03 Å². The van der Waals surface area contributed by atoms with Gasteiger partial charge in [-0.3, -0.25) is 0 Å². The molecule has 1 saturated heterocycles. The molecule has 0 unspecified atom stereocenters. The Kier molecular flexibility index (Phi) is 6.16. The van der Waals surface area contributed by atoms with Crippen LogP contribution in [-0.2, 0) is 24.3 Å². The smallest absolute Gasteiger partial charge is 0.317 e. The van der Waals surface area contributed by atoms with Gasteiger partial charge in [0.2, 0.25) is 0 Å². The zero-order valence-electron chi connectivity index (χ0n) is 16.5. The number of nitrogens with one attached hydrogen (secondary N) is 1. The largest absolute Gasteiger partial charge is 0.377 e. The second kappa shape index (κ2) is 8.37. The number of methoxy groups -OCH3 is 1. The van der Waals surface area contributed by atoms with E-state index in [4.69, 9.17) is 4.74 Å². The van der Waals surface area contributed by atoms with Gasteiger partial charge in [-0.25, -0.2) is 4.79 Å². The van der Waals surface area contributed by atoms with Crippen molar-refractivity contribution in [2.45, 2.75) is 65.5 Å². The van der Waals surface area contributed by atoms with Crippen molar-refractivity contribution >= 4 is 6.03 Å². The molecule has 7 heteroatoms. The maximum Gasteiger partial charge on any atom is 0.317 e. The van der Waals surface area contributed by atoms with Gasteiger partial charge in [-0.15, -0.1) is 10.2 Å². The Morgan fingerprint density at radius 2 is 1.92 bits per heavy atom. The van der Waals surface area contributed by atoms with E-state index >= 15 is 0 Å². The Balaban J connectivity index is 1.52. The van der Waals surface area contributed by atoms with Gasteiger partial charge in [0.15, 0.2) is 5.82 Å². The van der Waals surface area contributed by atoms with E-state index in [0.29, 0.717) is 17.9 Å². The van der Waals surface area contributed by atoms with Crippen LogP contribution in [0.25, 0.3) is 0 Å².